The number of amides is 3. The fourth-order valence-electron chi connectivity index (χ4n) is 2.39. The lowest BCUT2D eigenvalue weighted by molar-refractivity contribution is -0.134. The lowest BCUT2D eigenvalue weighted by Crippen LogP contribution is -2.54. The number of urea groups is 1. The maximum Gasteiger partial charge on any atom is 0.336 e. The highest BCUT2D eigenvalue weighted by Crippen LogP contribution is 2.36. The van der Waals surface area contributed by atoms with Crippen LogP contribution in [0.1, 0.15) is 43.6 Å². The van der Waals surface area contributed by atoms with Gasteiger partial charge in [0.1, 0.15) is 5.54 Å². The molecule has 0 saturated carbocycles. The van der Waals surface area contributed by atoms with Gasteiger partial charge in [0.2, 0.25) is 0 Å². The quantitative estimate of drug-likeness (QED) is 0.838. The van der Waals surface area contributed by atoms with Crippen molar-refractivity contribution in [1.82, 2.24) is 10.2 Å². The van der Waals surface area contributed by atoms with Crippen LogP contribution >= 0.6 is 0 Å². The maximum absolute atomic E-state index is 12.7. The predicted octanol–water partition coefficient (Wildman–Crippen LogP) is 2.24. The number of carbonyl (C=O) groups is 3. The van der Waals surface area contributed by atoms with E-state index in [1.54, 1.807) is 25.1 Å². The Labute approximate surface area is 129 Å². The van der Waals surface area contributed by atoms with Crippen molar-refractivity contribution < 1.29 is 19.5 Å². The zero-order chi connectivity index (χ0) is 16.7. The topological polar surface area (TPSA) is 86.7 Å². The van der Waals surface area contributed by atoms with Crippen molar-refractivity contribution >= 4 is 17.9 Å². The zero-order valence-electron chi connectivity index (χ0n) is 13.1. The Morgan fingerprint density at radius 2 is 1.86 bits per heavy atom. The number of carboxylic acids is 1. The van der Waals surface area contributed by atoms with Gasteiger partial charge in [-0.15, -0.1) is 0 Å². The molecule has 1 fully saturated rings. The normalized spacial score (nSPS) is 21.9. The molecule has 1 aliphatic rings. The average Bonchev–Trinajstić information content (AvgIpc) is 2.63. The second-order valence-electron chi connectivity index (χ2n) is 6.66. The summed E-state index contributed by atoms with van der Waals surface area (Å²) in [5, 5.41) is 11.9. The first-order valence-corrected chi connectivity index (χ1v) is 7.03. The lowest BCUT2D eigenvalue weighted by atomic mass is 9.75. The molecule has 1 aliphatic heterocycles. The third-order valence-corrected chi connectivity index (χ3v) is 4.35. The highest BCUT2D eigenvalue weighted by atomic mass is 16.4. The van der Waals surface area contributed by atoms with Crippen LogP contribution in [0.4, 0.5) is 4.79 Å². The van der Waals surface area contributed by atoms with Gasteiger partial charge in [0, 0.05) is 0 Å². The van der Waals surface area contributed by atoms with Crippen LogP contribution in [0, 0.1) is 5.41 Å². The minimum absolute atomic E-state index is 0.0567. The molecule has 3 amide bonds. The van der Waals surface area contributed by atoms with Crippen molar-refractivity contribution in [2.75, 3.05) is 0 Å². The van der Waals surface area contributed by atoms with Gasteiger partial charge in [0.05, 0.1) is 12.1 Å². The van der Waals surface area contributed by atoms with Crippen molar-refractivity contribution in [3.05, 3.63) is 35.4 Å². The molecule has 6 nitrogen and oxygen atoms in total. The smallest absolute Gasteiger partial charge is 0.336 e. The molecule has 1 aromatic rings. The Morgan fingerprint density at radius 1 is 1.27 bits per heavy atom. The predicted molar refractivity (Wildman–Crippen MR) is 80.3 cm³/mol. The Bertz CT molecular complexity index is 648. The number of imide groups is 1. The number of rotatable bonds is 3. The molecule has 0 radical (unpaired) electrons. The monoisotopic (exact) mass is 304 g/mol. The molecule has 0 aliphatic carbocycles. The molecule has 0 aromatic heterocycles. The summed E-state index contributed by atoms with van der Waals surface area (Å²) in [5.74, 6) is -1.42. The average molecular weight is 304 g/mol. The Morgan fingerprint density at radius 3 is 2.36 bits per heavy atom. The number of carbonyl (C=O) groups excluding carboxylic acids is 2. The summed E-state index contributed by atoms with van der Waals surface area (Å²) >= 11 is 0. The van der Waals surface area contributed by atoms with E-state index in [-0.39, 0.29) is 18.0 Å². The Balaban J connectivity index is 2.34. The molecular formula is C16H20N2O4. The lowest BCUT2D eigenvalue weighted by Gasteiger charge is -2.35. The van der Waals surface area contributed by atoms with Gasteiger partial charge in [-0.3, -0.25) is 9.69 Å². The SMILES string of the molecule is CC(C)(C)C1(C)NC(=O)N(Cc2ccccc2C(=O)O)C1=O. The molecule has 1 heterocycles. The van der Waals surface area contributed by atoms with Gasteiger partial charge >= 0.3 is 12.0 Å². The van der Waals surface area contributed by atoms with Gasteiger partial charge in [-0.2, -0.15) is 0 Å². The van der Waals surface area contributed by atoms with Crippen LogP contribution in [0.3, 0.4) is 0 Å². The van der Waals surface area contributed by atoms with Crippen LogP contribution in [0.2, 0.25) is 0 Å². The fourth-order valence-corrected chi connectivity index (χ4v) is 2.39. The molecule has 1 aromatic carbocycles. The molecule has 6 heteroatoms. The standard InChI is InChI=1S/C16H20N2O4/c1-15(2,3)16(4)13(21)18(14(22)17-16)9-10-7-5-6-8-11(10)12(19)20/h5-8H,9H2,1-4H3,(H,17,22)(H,19,20). The second-order valence-corrected chi connectivity index (χ2v) is 6.66. The van der Waals surface area contributed by atoms with Crippen LogP contribution < -0.4 is 5.32 Å². The largest absolute Gasteiger partial charge is 0.478 e. The van der Waals surface area contributed by atoms with Crippen molar-refractivity contribution in [2.24, 2.45) is 5.41 Å². The minimum Gasteiger partial charge on any atom is -0.478 e. The van der Waals surface area contributed by atoms with E-state index < -0.39 is 23.0 Å². The fraction of sp³-hybridized carbons (Fsp3) is 0.438. The van der Waals surface area contributed by atoms with Crippen molar-refractivity contribution in [2.45, 2.75) is 39.8 Å². The molecule has 22 heavy (non-hydrogen) atoms. The molecule has 2 N–H and O–H groups in total. The molecular weight excluding hydrogens is 284 g/mol. The van der Waals surface area contributed by atoms with E-state index in [1.165, 1.54) is 6.07 Å². The number of nitrogens with zero attached hydrogens (tertiary/aromatic N) is 1. The summed E-state index contributed by atoms with van der Waals surface area (Å²) in [5.41, 5.74) is -0.951. The highest BCUT2D eigenvalue weighted by Gasteiger charge is 2.54. The number of nitrogens with one attached hydrogen (secondary N) is 1. The Hall–Kier alpha value is -2.37. The summed E-state index contributed by atoms with van der Waals surface area (Å²) in [6, 6.07) is 5.86. The van der Waals surface area contributed by atoms with Gasteiger partial charge in [0.25, 0.3) is 5.91 Å². The summed E-state index contributed by atoms with van der Waals surface area (Å²) in [6.45, 7) is 7.26. The summed E-state index contributed by atoms with van der Waals surface area (Å²) in [6.07, 6.45) is 0. The number of benzene rings is 1. The molecule has 1 saturated heterocycles. The first kappa shape index (κ1) is 16.0. The number of hydrogen-bond donors (Lipinski definition) is 2. The zero-order valence-corrected chi connectivity index (χ0v) is 13.1. The van der Waals surface area contributed by atoms with E-state index in [4.69, 9.17) is 0 Å². The van der Waals surface area contributed by atoms with E-state index in [2.05, 4.69) is 5.32 Å². The summed E-state index contributed by atoms with van der Waals surface area (Å²) in [4.78, 5) is 37.2. The molecule has 118 valence electrons. The Kier molecular flexibility index (Phi) is 3.73. The van der Waals surface area contributed by atoms with Gasteiger partial charge in [-0.05, 0) is 24.0 Å². The maximum atomic E-state index is 12.7. The van der Waals surface area contributed by atoms with Crippen LogP contribution in [0.15, 0.2) is 24.3 Å². The van der Waals surface area contributed by atoms with Crippen LogP contribution in [0.25, 0.3) is 0 Å². The van der Waals surface area contributed by atoms with Crippen molar-refractivity contribution in [3.8, 4) is 0 Å². The minimum atomic E-state index is -1.08. The first-order chi connectivity index (χ1) is 10.1. The summed E-state index contributed by atoms with van der Waals surface area (Å²) < 4.78 is 0. The van der Waals surface area contributed by atoms with Crippen LogP contribution in [-0.2, 0) is 11.3 Å². The first-order valence-electron chi connectivity index (χ1n) is 7.03. The number of hydrogen-bond acceptors (Lipinski definition) is 3. The number of aromatic carboxylic acids is 1. The van der Waals surface area contributed by atoms with Crippen LogP contribution in [-0.4, -0.2) is 33.5 Å². The van der Waals surface area contributed by atoms with E-state index in [9.17, 15) is 19.5 Å². The van der Waals surface area contributed by atoms with E-state index in [0.717, 1.165) is 4.90 Å². The molecule has 0 spiro atoms. The molecule has 1 atom stereocenters. The molecule has 0 bridgehead atoms. The van der Waals surface area contributed by atoms with Crippen molar-refractivity contribution in [3.63, 3.8) is 0 Å². The third kappa shape index (κ3) is 2.45. The molecule has 2 rings (SSSR count). The van der Waals surface area contributed by atoms with E-state index in [1.807, 2.05) is 20.8 Å². The number of carboxylic acid groups (broad SMARTS) is 1. The summed E-state index contributed by atoms with van der Waals surface area (Å²) in [7, 11) is 0. The van der Waals surface area contributed by atoms with Crippen molar-refractivity contribution in [1.29, 1.82) is 0 Å². The molecule has 1 unspecified atom stereocenters. The van der Waals surface area contributed by atoms with E-state index in [0.29, 0.717) is 5.56 Å². The van der Waals surface area contributed by atoms with Gasteiger partial charge < -0.3 is 10.4 Å². The third-order valence-electron chi connectivity index (χ3n) is 4.35. The van der Waals surface area contributed by atoms with Crippen LogP contribution in [0.5, 0.6) is 0 Å². The van der Waals surface area contributed by atoms with Gasteiger partial charge in [-0.1, -0.05) is 39.0 Å². The van der Waals surface area contributed by atoms with Gasteiger partial charge in [0.15, 0.2) is 0 Å². The second kappa shape index (κ2) is 5.12. The van der Waals surface area contributed by atoms with E-state index >= 15 is 0 Å². The van der Waals surface area contributed by atoms with Gasteiger partial charge in [-0.25, -0.2) is 9.59 Å². The highest BCUT2D eigenvalue weighted by molar-refractivity contribution is 6.07.